The fraction of sp³-hybridized carbons (Fsp3) is 0.103. The zero-order chi connectivity index (χ0) is 23.3. The zero-order valence-electron chi connectivity index (χ0n) is 18.6. The van der Waals surface area contributed by atoms with Crippen molar-refractivity contribution < 1.29 is 9.90 Å². The van der Waals surface area contributed by atoms with Crippen LogP contribution in [0.1, 0.15) is 33.1 Å². The molecular formula is C29H24N3O2-. The molecule has 5 heteroatoms. The monoisotopic (exact) mass is 446 g/mol. The summed E-state index contributed by atoms with van der Waals surface area (Å²) in [4.78, 5) is 16.4. The van der Waals surface area contributed by atoms with Gasteiger partial charge in [0, 0.05) is 6.54 Å². The topological polar surface area (TPSA) is 70.0 Å². The van der Waals surface area contributed by atoms with Crippen molar-refractivity contribution in [3.05, 3.63) is 131 Å². The lowest BCUT2D eigenvalue weighted by Crippen LogP contribution is -2.22. The molecule has 0 saturated carbocycles. The molecule has 34 heavy (non-hydrogen) atoms. The van der Waals surface area contributed by atoms with Crippen LogP contribution in [0.3, 0.4) is 0 Å². The van der Waals surface area contributed by atoms with Crippen LogP contribution in [0.25, 0.3) is 11.0 Å². The van der Waals surface area contributed by atoms with Crippen LogP contribution in [-0.4, -0.2) is 15.5 Å². The number of aromatic nitrogens is 2. The van der Waals surface area contributed by atoms with Crippen LogP contribution in [0.4, 0.5) is 5.95 Å². The van der Waals surface area contributed by atoms with E-state index in [4.69, 9.17) is 4.98 Å². The standard InChI is InChI=1S/C29H25N3O2/c33-28(34)24-16-17-25-26(20-24)32(19-18-21-10-4-1-5-11-21)29(30-25)31-27(22-12-6-2-7-13-22)23-14-8-3-9-15-23/h1-17,20,27H,18-19H2,(H,30,31)(H,33,34)/p-1. The van der Waals surface area contributed by atoms with Crippen LogP contribution in [0.15, 0.2) is 109 Å². The van der Waals surface area contributed by atoms with Crippen molar-refractivity contribution in [3.63, 3.8) is 0 Å². The fourth-order valence-corrected chi connectivity index (χ4v) is 4.25. The van der Waals surface area contributed by atoms with Gasteiger partial charge in [0.2, 0.25) is 5.95 Å². The normalized spacial score (nSPS) is 11.1. The average molecular weight is 447 g/mol. The first-order chi connectivity index (χ1) is 16.7. The maximum atomic E-state index is 11.5. The molecule has 168 valence electrons. The Morgan fingerprint density at radius 3 is 2.00 bits per heavy atom. The third kappa shape index (κ3) is 4.55. The number of nitrogens with zero attached hydrogens (tertiary/aromatic N) is 2. The van der Waals surface area contributed by atoms with Crippen LogP contribution in [-0.2, 0) is 13.0 Å². The minimum absolute atomic E-state index is 0.115. The summed E-state index contributed by atoms with van der Waals surface area (Å²) in [6.45, 7) is 0.648. The summed E-state index contributed by atoms with van der Waals surface area (Å²) in [5, 5.41) is 15.2. The largest absolute Gasteiger partial charge is 0.545 e. The molecule has 0 aliphatic carbocycles. The highest BCUT2D eigenvalue weighted by Crippen LogP contribution is 2.29. The number of carbonyl (C=O) groups is 1. The number of nitrogens with one attached hydrogen (secondary N) is 1. The van der Waals surface area contributed by atoms with Gasteiger partial charge in [-0.2, -0.15) is 0 Å². The molecule has 1 N–H and O–H groups in total. The fourth-order valence-electron chi connectivity index (χ4n) is 4.25. The van der Waals surface area contributed by atoms with Crippen molar-refractivity contribution in [2.75, 3.05) is 5.32 Å². The zero-order valence-corrected chi connectivity index (χ0v) is 18.6. The van der Waals surface area contributed by atoms with Gasteiger partial charge in [-0.3, -0.25) is 0 Å². The highest BCUT2D eigenvalue weighted by molar-refractivity contribution is 5.92. The van der Waals surface area contributed by atoms with Crippen molar-refractivity contribution in [2.24, 2.45) is 0 Å². The molecule has 0 saturated heterocycles. The Kier molecular flexibility index (Phi) is 6.08. The van der Waals surface area contributed by atoms with Crippen molar-refractivity contribution in [2.45, 2.75) is 19.0 Å². The quantitative estimate of drug-likeness (QED) is 0.370. The molecular weight excluding hydrogens is 422 g/mol. The first-order valence-corrected chi connectivity index (χ1v) is 11.3. The molecule has 0 unspecified atom stereocenters. The van der Waals surface area contributed by atoms with E-state index in [-0.39, 0.29) is 11.6 Å². The molecule has 0 aliphatic rings. The predicted octanol–water partition coefficient (Wildman–Crippen LogP) is 4.84. The number of aromatic carboxylic acids is 1. The van der Waals surface area contributed by atoms with Gasteiger partial charge < -0.3 is 19.8 Å². The van der Waals surface area contributed by atoms with Crippen LogP contribution < -0.4 is 10.4 Å². The Morgan fingerprint density at radius 2 is 1.41 bits per heavy atom. The second-order valence-corrected chi connectivity index (χ2v) is 8.21. The molecule has 0 fully saturated rings. The van der Waals surface area contributed by atoms with Crippen LogP contribution in [0.5, 0.6) is 0 Å². The second-order valence-electron chi connectivity index (χ2n) is 8.21. The maximum Gasteiger partial charge on any atom is 0.204 e. The summed E-state index contributed by atoms with van der Waals surface area (Å²) in [6, 6.07) is 35.5. The molecule has 0 bridgehead atoms. The number of benzene rings is 4. The van der Waals surface area contributed by atoms with Gasteiger partial charge >= 0.3 is 0 Å². The van der Waals surface area contributed by atoms with Gasteiger partial charge in [0.05, 0.1) is 23.0 Å². The third-order valence-electron chi connectivity index (χ3n) is 5.99. The van der Waals surface area contributed by atoms with Crippen molar-refractivity contribution in [1.82, 2.24) is 9.55 Å². The van der Waals surface area contributed by atoms with Crippen molar-refractivity contribution in [1.29, 1.82) is 0 Å². The summed E-state index contributed by atoms with van der Waals surface area (Å²) >= 11 is 0. The molecule has 0 amide bonds. The molecule has 0 aliphatic heterocycles. The van der Waals surface area contributed by atoms with E-state index in [0.29, 0.717) is 12.5 Å². The summed E-state index contributed by atoms with van der Waals surface area (Å²) in [5.74, 6) is -0.502. The summed E-state index contributed by atoms with van der Waals surface area (Å²) in [6.07, 6.45) is 0.790. The number of fused-ring (bicyclic) bond motifs is 1. The molecule has 1 heterocycles. The van der Waals surface area contributed by atoms with E-state index in [2.05, 4.69) is 46.3 Å². The maximum absolute atomic E-state index is 11.5. The number of carbonyl (C=O) groups excluding carboxylic acids is 1. The molecule has 5 rings (SSSR count). The molecule has 5 nitrogen and oxygen atoms in total. The van der Waals surface area contributed by atoms with E-state index in [1.165, 1.54) is 5.56 Å². The predicted molar refractivity (Wildman–Crippen MR) is 133 cm³/mol. The molecule has 5 aromatic rings. The van der Waals surface area contributed by atoms with Crippen molar-refractivity contribution in [3.8, 4) is 0 Å². The Labute approximate surface area is 198 Å². The lowest BCUT2D eigenvalue weighted by molar-refractivity contribution is -0.255. The van der Waals surface area contributed by atoms with E-state index in [1.807, 2.05) is 54.6 Å². The highest BCUT2D eigenvalue weighted by Gasteiger charge is 2.19. The van der Waals surface area contributed by atoms with E-state index in [0.717, 1.165) is 28.6 Å². The Hall–Kier alpha value is -4.38. The smallest absolute Gasteiger partial charge is 0.204 e. The van der Waals surface area contributed by atoms with Gasteiger partial charge in [-0.1, -0.05) is 97.1 Å². The molecule has 0 radical (unpaired) electrons. The number of aryl methyl sites for hydroxylation is 2. The van der Waals surface area contributed by atoms with E-state index in [1.54, 1.807) is 18.2 Å². The van der Waals surface area contributed by atoms with Gasteiger partial charge in [-0.25, -0.2) is 4.98 Å². The Morgan fingerprint density at radius 1 is 0.824 bits per heavy atom. The van der Waals surface area contributed by atoms with Gasteiger partial charge in [0.25, 0.3) is 0 Å². The number of rotatable bonds is 8. The molecule has 0 atom stereocenters. The molecule has 1 aromatic heterocycles. The van der Waals surface area contributed by atoms with Crippen LogP contribution in [0, 0.1) is 0 Å². The van der Waals surface area contributed by atoms with E-state index < -0.39 is 5.97 Å². The summed E-state index contributed by atoms with van der Waals surface area (Å²) in [7, 11) is 0. The van der Waals surface area contributed by atoms with E-state index in [9.17, 15) is 9.90 Å². The third-order valence-corrected chi connectivity index (χ3v) is 5.99. The lowest BCUT2D eigenvalue weighted by atomic mass is 9.99. The number of carboxylic acids is 1. The lowest BCUT2D eigenvalue weighted by Gasteiger charge is -2.21. The van der Waals surface area contributed by atoms with Gasteiger partial charge in [-0.15, -0.1) is 0 Å². The number of hydrogen-bond donors (Lipinski definition) is 1. The summed E-state index contributed by atoms with van der Waals surface area (Å²) < 4.78 is 2.06. The highest BCUT2D eigenvalue weighted by atomic mass is 16.4. The van der Waals surface area contributed by atoms with Crippen LogP contribution in [0.2, 0.25) is 0 Å². The van der Waals surface area contributed by atoms with E-state index >= 15 is 0 Å². The first kappa shape index (κ1) is 21.5. The van der Waals surface area contributed by atoms with Gasteiger partial charge in [0.1, 0.15) is 0 Å². The second kappa shape index (κ2) is 9.63. The minimum atomic E-state index is -1.20. The average Bonchev–Trinajstić information content (AvgIpc) is 3.24. The number of hydrogen-bond acceptors (Lipinski definition) is 4. The summed E-state index contributed by atoms with van der Waals surface area (Å²) in [5.41, 5.74) is 5.08. The number of anilines is 1. The van der Waals surface area contributed by atoms with Gasteiger partial charge in [-0.05, 0) is 40.8 Å². The molecule has 4 aromatic carbocycles. The Balaban J connectivity index is 1.58. The molecule has 0 spiro atoms. The number of imidazole rings is 1. The van der Waals surface area contributed by atoms with Crippen LogP contribution >= 0.6 is 0 Å². The Bertz CT molecular complexity index is 1360. The van der Waals surface area contributed by atoms with Crippen molar-refractivity contribution >= 4 is 23.0 Å². The number of carboxylic acid groups (broad SMARTS) is 1. The SMILES string of the molecule is O=C([O-])c1ccc2nc(NC(c3ccccc3)c3ccccc3)n(CCc3ccccc3)c2c1. The first-order valence-electron chi connectivity index (χ1n) is 11.3. The minimum Gasteiger partial charge on any atom is -0.545 e. The van der Waals surface area contributed by atoms with Gasteiger partial charge in [0.15, 0.2) is 0 Å².